The van der Waals surface area contributed by atoms with Gasteiger partial charge in [0.15, 0.2) is 0 Å². The standard InChI is InChI=1S/C22H25N5O2/c1-3-29-14-16-5-4-15(2)19(12-16)26-20-8-7-18(25-20)17-6-9-21(24-13-17)27-11-10-23-22(27)28/h4-9,12-13,25-26H,3,10-11,14H2,1-2H3,(H,23,28). The summed E-state index contributed by atoms with van der Waals surface area (Å²) in [5.74, 6) is 1.56. The topological polar surface area (TPSA) is 82.3 Å². The van der Waals surface area contributed by atoms with Gasteiger partial charge in [-0.05, 0) is 55.3 Å². The molecule has 3 N–H and O–H groups in total. The van der Waals surface area contributed by atoms with E-state index in [4.69, 9.17) is 4.74 Å². The van der Waals surface area contributed by atoms with Gasteiger partial charge in [-0.3, -0.25) is 4.90 Å². The van der Waals surface area contributed by atoms with Crippen molar-refractivity contribution in [2.24, 2.45) is 0 Å². The zero-order valence-corrected chi connectivity index (χ0v) is 16.7. The van der Waals surface area contributed by atoms with E-state index in [1.807, 2.05) is 31.2 Å². The van der Waals surface area contributed by atoms with Gasteiger partial charge in [0.25, 0.3) is 0 Å². The smallest absolute Gasteiger partial charge is 0.323 e. The van der Waals surface area contributed by atoms with Crippen LogP contribution in [0.4, 0.5) is 22.1 Å². The van der Waals surface area contributed by atoms with Crippen molar-refractivity contribution in [3.8, 4) is 11.3 Å². The highest BCUT2D eigenvalue weighted by Crippen LogP contribution is 2.26. The van der Waals surface area contributed by atoms with Crippen molar-refractivity contribution in [3.63, 3.8) is 0 Å². The molecule has 2 amide bonds. The second kappa shape index (κ2) is 8.36. The fourth-order valence-corrected chi connectivity index (χ4v) is 3.29. The minimum Gasteiger partial charge on any atom is -0.377 e. The number of aromatic nitrogens is 2. The van der Waals surface area contributed by atoms with E-state index in [1.165, 1.54) is 0 Å². The lowest BCUT2D eigenvalue weighted by Gasteiger charge is -2.13. The highest BCUT2D eigenvalue weighted by atomic mass is 16.5. The first-order valence-corrected chi connectivity index (χ1v) is 9.79. The second-order valence-corrected chi connectivity index (χ2v) is 6.99. The molecule has 0 unspecified atom stereocenters. The molecule has 1 aromatic carbocycles. The number of hydrogen-bond donors (Lipinski definition) is 3. The first kappa shape index (κ1) is 19.0. The maximum Gasteiger partial charge on any atom is 0.323 e. The van der Waals surface area contributed by atoms with Gasteiger partial charge in [-0.2, -0.15) is 0 Å². The third-order valence-corrected chi connectivity index (χ3v) is 4.92. The number of carbonyl (C=O) groups is 1. The summed E-state index contributed by atoms with van der Waals surface area (Å²) in [5, 5.41) is 6.23. The molecular weight excluding hydrogens is 366 g/mol. The Labute approximate surface area is 170 Å². The molecule has 0 atom stereocenters. The number of ether oxygens (including phenoxy) is 1. The summed E-state index contributed by atoms with van der Waals surface area (Å²) >= 11 is 0. The Morgan fingerprint density at radius 2 is 2.10 bits per heavy atom. The van der Waals surface area contributed by atoms with Crippen molar-refractivity contribution < 1.29 is 9.53 Å². The molecule has 0 spiro atoms. The molecule has 0 aliphatic carbocycles. The third-order valence-electron chi connectivity index (χ3n) is 4.92. The molecule has 1 fully saturated rings. The van der Waals surface area contributed by atoms with Crippen molar-refractivity contribution >= 4 is 23.4 Å². The molecule has 150 valence electrons. The molecule has 1 aliphatic heterocycles. The van der Waals surface area contributed by atoms with Gasteiger partial charge < -0.3 is 20.4 Å². The number of hydrogen-bond acceptors (Lipinski definition) is 4. The van der Waals surface area contributed by atoms with E-state index in [2.05, 4.69) is 45.7 Å². The average Bonchev–Trinajstić information content (AvgIpc) is 3.38. The van der Waals surface area contributed by atoms with Crippen molar-refractivity contribution in [3.05, 3.63) is 59.8 Å². The molecule has 2 aromatic heterocycles. The van der Waals surface area contributed by atoms with Crippen molar-refractivity contribution in [1.29, 1.82) is 0 Å². The van der Waals surface area contributed by atoms with Gasteiger partial charge >= 0.3 is 6.03 Å². The number of benzene rings is 1. The first-order chi connectivity index (χ1) is 14.1. The molecule has 4 rings (SSSR count). The van der Waals surface area contributed by atoms with Crippen LogP contribution in [0.1, 0.15) is 18.1 Å². The Kier molecular flexibility index (Phi) is 5.48. The highest BCUT2D eigenvalue weighted by molar-refractivity contribution is 5.93. The quantitative estimate of drug-likeness (QED) is 0.564. The van der Waals surface area contributed by atoms with E-state index in [-0.39, 0.29) is 6.03 Å². The second-order valence-electron chi connectivity index (χ2n) is 6.99. The van der Waals surface area contributed by atoms with E-state index in [1.54, 1.807) is 11.1 Å². The normalized spacial score (nSPS) is 13.6. The number of pyridine rings is 1. The Balaban J connectivity index is 1.48. The summed E-state index contributed by atoms with van der Waals surface area (Å²) in [6.07, 6.45) is 1.78. The zero-order valence-electron chi connectivity index (χ0n) is 16.7. The fraction of sp³-hybridized carbons (Fsp3) is 0.273. The van der Waals surface area contributed by atoms with E-state index < -0.39 is 0 Å². The van der Waals surface area contributed by atoms with Crippen LogP contribution in [-0.4, -0.2) is 35.7 Å². The molecule has 0 saturated carbocycles. The van der Waals surface area contributed by atoms with Crippen molar-refractivity contribution in [1.82, 2.24) is 15.3 Å². The van der Waals surface area contributed by atoms with Gasteiger partial charge in [0, 0.05) is 42.8 Å². The van der Waals surface area contributed by atoms with Crippen LogP contribution in [0.3, 0.4) is 0 Å². The summed E-state index contributed by atoms with van der Waals surface area (Å²) in [5.41, 5.74) is 5.27. The molecular formula is C22H25N5O2. The minimum absolute atomic E-state index is 0.0986. The molecule has 3 aromatic rings. The van der Waals surface area contributed by atoms with Crippen LogP contribution in [0, 0.1) is 6.92 Å². The molecule has 29 heavy (non-hydrogen) atoms. The van der Waals surface area contributed by atoms with Gasteiger partial charge in [-0.15, -0.1) is 0 Å². The number of aryl methyl sites for hydroxylation is 1. The molecule has 0 bridgehead atoms. The van der Waals surface area contributed by atoms with Crippen LogP contribution in [0.5, 0.6) is 0 Å². The number of anilines is 3. The molecule has 0 radical (unpaired) electrons. The van der Waals surface area contributed by atoms with Gasteiger partial charge in [0.05, 0.1) is 6.61 Å². The van der Waals surface area contributed by atoms with Crippen LogP contribution in [0.15, 0.2) is 48.7 Å². The number of nitrogens with zero attached hydrogens (tertiary/aromatic N) is 2. The number of urea groups is 1. The summed E-state index contributed by atoms with van der Waals surface area (Å²) in [6.45, 7) is 6.67. The van der Waals surface area contributed by atoms with Gasteiger partial charge in [-0.1, -0.05) is 12.1 Å². The summed E-state index contributed by atoms with van der Waals surface area (Å²) in [7, 11) is 0. The Bertz CT molecular complexity index is 997. The van der Waals surface area contributed by atoms with Crippen LogP contribution in [-0.2, 0) is 11.3 Å². The van der Waals surface area contributed by atoms with Gasteiger partial charge in [-0.25, -0.2) is 9.78 Å². The van der Waals surface area contributed by atoms with Gasteiger partial charge in [0.1, 0.15) is 11.6 Å². The number of carbonyl (C=O) groups excluding carboxylic acids is 1. The van der Waals surface area contributed by atoms with Crippen molar-refractivity contribution in [2.45, 2.75) is 20.5 Å². The number of H-pyrrole nitrogens is 1. The molecule has 7 nitrogen and oxygen atoms in total. The molecule has 1 aliphatic rings. The molecule has 3 heterocycles. The van der Waals surface area contributed by atoms with E-state index in [0.717, 1.165) is 33.9 Å². The Morgan fingerprint density at radius 3 is 2.83 bits per heavy atom. The highest BCUT2D eigenvalue weighted by Gasteiger charge is 2.22. The van der Waals surface area contributed by atoms with Crippen LogP contribution < -0.4 is 15.5 Å². The van der Waals surface area contributed by atoms with Gasteiger partial charge in [0.2, 0.25) is 0 Å². The summed E-state index contributed by atoms with van der Waals surface area (Å²) in [4.78, 5) is 21.2. The lowest BCUT2D eigenvalue weighted by molar-refractivity contribution is 0.134. The van der Waals surface area contributed by atoms with E-state index >= 15 is 0 Å². The molecule has 7 heteroatoms. The SMILES string of the molecule is CCOCc1ccc(C)c(Nc2ccc(-c3ccc(N4CCNC4=O)nc3)[nH]2)c1. The Hall–Kier alpha value is -3.32. The minimum atomic E-state index is -0.0986. The maximum atomic E-state index is 11.8. The summed E-state index contributed by atoms with van der Waals surface area (Å²) in [6, 6.07) is 14.1. The largest absolute Gasteiger partial charge is 0.377 e. The summed E-state index contributed by atoms with van der Waals surface area (Å²) < 4.78 is 5.51. The van der Waals surface area contributed by atoms with E-state index in [0.29, 0.717) is 32.1 Å². The third kappa shape index (κ3) is 4.25. The first-order valence-electron chi connectivity index (χ1n) is 9.79. The van der Waals surface area contributed by atoms with Crippen molar-refractivity contribution in [2.75, 3.05) is 29.9 Å². The number of rotatable bonds is 7. The number of aromatic amines is 1. The van der Waals surface area contributed by atoms with Crippen LogP contribution >= 0.6 is 0 Å². The number of amides is 2. The molecule has 1 saturated heterocycles. The van der Waals surface area contributed by atoms with E-state index in [9.17, 15) is 4.79 Å². The number of nitrogens with one attached hydrogen (secondary N) is 3. The zero-order chi connectivity index (χ0) is 20.2. The maximum absolute atomic E-state index is 11.8. The predicted molar refractivity (Wildman–Crippen MR) is 115 cm³/mol. The van der Waals surface area contributed by atoms with Crippen LogP contribution in [0.25, 0.3) is 11.3 Å². The lowest BCUT2D eigenvalue weighted by atomic mass is 10.1. The van der Waals surface area contributed by atoms with Crippen LogP contribution in [0.2, 0.25) is 0 Å². The average molecular weight is 391 g/mol. The Morgan fingerprint density at radius 1 is 1.21 bits per heavy atom. The predicted octanol–water partition coefficient (Wildman–Crippen LogP) is 4.19. The monoisotopic (exact) mass is 391 g/mol. The fourth-order valence-electron chi connectivity index (χ4n) is 3.29. The lowest BCUT2D eigenvalue weighted by Crippen LogP contribution is -2.28.